The van der Waals surface area contributed by atoms with Crippen LogP contribution in [0, 0.1) is 6.92 Å². The molecule has 1 aromatic carbocycles. The van der Waals surface area contributed by atoms with Gasteiger partial charge in [-0.25, -0.2) is 14.8 Å². The van der Waals surface area contributed by atoms with E-state index >= 15 is 0 Å². The van der Waals surface area contributed by atoms with Gasteiger partial charge >= 0.3 is 6.03 Å². The molecule has 0 unspecified atom stereocenters. The second kappa shape index (κ2) is 10.8. The van der Waals surface area contributed by atoms with Gasteiger partial charge < -0.3 is 21.1 Å². The minimum Gasteiger partial charge on any atom is -0.439 e. The Kier molecular flexibility index (Phi) is 7.66. The van der Waals surface area contributed by atoms with Gasteiger partial charge in [0, 0.05) is 24.3 Å². The van der Waals surface area contributed by atoms with Crippen molar-refractivity contribution >= 4 is 50.6 Å². The number of benzene rings is 1. The number of ether oxygens (including phenoxy) is 1. The molecule has 9 nitrogen and oxygen atoms in total. The summed E-state index contributed by atoms with van der Waals surface area (Å²) in [6.45, 7) is 1.83. The average Bonchev–Trinajstić information content (AvgIpc) is 3.45. The van der Waals surface area contributed by atoms with E-state index in [1.54, 1.807) is 29.3 Å². The molecular weight excluding hydrogens is 500 g/mol. The third kappa shape index (κ3) is 4.68. The molecule has 3 aromatic heterocycles. The Morgan fingerprint density at radius 1 is 1.13 bits per heavy atom. The summed E-state index contributed by atoms with van der Waals surface area (Å²) in [5.74, 6) is 0.867. The monoisotopic (exact) mass is 532 g/mol. The van der Waals surface area contributed by atoms with Crippen molar-refractivity contribution in [2.45, 2.75) is 53.1 Å². The number of hydrogen-bond donors (Lipinski definition) is 3. The minimum atomic E-state index is -0.373. The Balaban J connectivity index is 0.00000168. The molecular formula is C28H32N6O3S. The highest BCUT2D eigenvalue weighted by Gasteiger charge is 2.35. The van der Waals surface area contributed by atoms with Gasteiger partial charge in [0.15, 0.2) is 0 Å². The zero-order chi connectivity index (χ0) is 24.8. The van der Waals surface area contributed by atoms with Gasteiger partial charge in [0.1, 0.15) is 15.5 Å². The number of aromatic nitrogens is 2. The topological polar surface area (TPSA) is 122 Å². The largest absolute Gasteiger partial charge is 0.439 e. The molecule has 4 aromatic rings. The van der Waals surface area contributed by atoms with Crippen LogP contribution in [0.1, 0.15) is 49.5 Å². The van der Waals surface area contributed by atoms with Crippen molar-refractivity contribution in [3.05, 3.63) is 65.3 Å². The minimum absolute atomic E-state index is 0. The highest BCUT2D eigenvalue weighted by atomic mass is 32.1. The van der Waals surface area contributed by atoms with E-state index in [2.05, 4.69) is 20.6 Å². The Morgan fingerprint density at radius 3 is 2.63 bits per heavy atom. The maximum atomic E-state index is 13.4. The lowest BCUT2D eigenvalue weighted by Crippen LogP contribution is -2.44. The highest BCUT2D eigenvalue weighted by Crippen LogP contribution is 2.46. The van der Waals surface area contributed by atoms with Crippen LogP contribution in [0.5, 0.6) is 11.6 Å². The first-order chi connectivity index (χ1) is 17.5. The lowest BCUT2D eigenvalue weighted by Gasteiger charge is -2.29. The Morgan fingerprint density at radius 2 is 1.92 bits per heavy atom. The predicted molar refractivity (Wildman–Crippen MR) is 153 cm³/mol. The molecule has 2 atom stereocenters. The van der Waals surface area contributed by atoms with Crippen molar-refractivity contribution in [3.63, 3.8) is 0 Å². The lowest BCUT2D eigenvalue weighted by molar-refractivity contribution is 0.0939. The van der Waals surface area contributed by atoms with E-state index < -0.39 is 0 Å². The van der Waals surface area contributed by atoms with Crippen molar-refractivity contribution in [1.29, 1.82) is 0 Å². The molecule has 38 heavy (non-hydrogen) atoms. The molecule has 6 rings (SSSR count). The molecule has 0 bridgehead atoms. The first-order valence-corrected chi connectivity index (χ1v) is 12.6. The molecule has 1 aliphatic carbocycles. The SMILES string of the molecule is C.C.Cc1nc(Oc2ccccc2)ccc1N1C(=O)Nc2c(C(=O)N[C@@H]3CCC[C@@H]3N)sc3nccc1c23. The Hall–Kier alpha value is -4.02. The number of rotatable bonds is 5. The van der Waals surface area contributed by atoms with Gasteiger partial charge in [-0.2, -0.15) is 0 Å². The zero-order valence-corrected chi connectivity index (χ0v) is 20.3. The van der Waals surface area contributed by atoms with Gasteiger partial charge in [-0.15, -0.1) is 11.3 Å². The van der Waals surface area contributed by atoms with Crippen LogP contribution in [-0.4, -0.2) is 34.0 Å². The highest BCUT2D eigenvalue weighted by molar-refractivity contribution is 7.21. The number of thiophene rings is 1. The summed E-state index contributed by atoms with van der Waals surface area (Å²) in [6, 6.07) is 14.2. The molecule has 0 radical (unpaired) electrons. The average molecular weight is 533 g/mol. The quantitative estimate of drug-likeness (QED) is 0.275. The van der Waals surface area contributed by atoms with Crippen molar-refractivity contribution in [2.75, 3.05) is 10.2 Å². The maximum absolute atomic E-state index is 13.4. The number of nitrogens with zero attached hydrogens (tertiary/aromatic N) is 3. The molecule has 4 heterocycles. The number of carbonyl (C=O) groups is 2. The number of amides is 3. The fourth-order valence-electron chi connectivity index (χ4n) is 4.82. The molecule has 1 fully saturated rings. The number of hydrogen-bond acceptors (Lipinski definition) is 7. The van der Waals surface area contributed by atoms with Crippen LogP contribution in [0.3, 0.4) is 0 Å². The molecule has 4 N–H and O–H groups in total. The molecule has 10 heteroatoms. The number of anilines is 3. The van der Waals surface area contributed by atoms with Crippen molar-refractivity contribution in [1.82, 2.24) is 15.3 Å². The van der Waals surface area contributed by atoms with E-state index in [0.717, 1.165) is 24.6 Å². The van der Waals surface area contributed by atoms with Crippen LogP contribution < -0.4 is 26.0 Å². The van der Waals surface area contributed by atoms with E-state index in [9.17, 15) is 9.59 Å². The van der Waals surface area contributed by atoms with Gasteiger partial charge in [-0.05, 0) is 50.5 Å². The van der Waals surface area contributed by atoms with Gasteiger partial charge in [0.25, 0.3) is 5.91 Å². The third-order valence-electron chi connectivity index (χ3n) is 6.58. The predicted octanol–water partition coefficient (Wildman–Crippen LogP) is 6.36. The summed E-state index contributed by atoms with van der Waals surface area (Å²) >= 11 is 1.26. The van der Waals surface area contributed by atoms with Crippen LogP contribution >= 0.6 is 11.3 Å². The second-order valence-corrected chi connectivity index (χ2v) is 9.92. The smallest absolute Gasteiger partial charge is 0.331 e. The first kappa shape index (κ1) is 27.0. The zero-order valence-electron chi connectivity index (χ0n) is 19.5. The number of nitrogens with two attached hydrogens (primary N) is 1. The number of nitrogens with one attached hydrogen (secondary N) is 2. The normalized spacial score (nSPS) is 17.8. The van der Waals surface area contributed by atoms with Crippen molar-refractivity contribution in [3.8, 4) is 11.6 Å². The van der Waals surface area contributed by atoms with Crippen molar-refractivity contribution in [2.24, 2.45) is 5.73 Å². The lowest BCUT2D eigenvalue weighted by atomic mass is 10.1. The van der Waals surface area contributed by atoms with E-state index in [0.29, 0.717) is 44.1 Å². The molecule has 3 amide bonds. The van der Waals surface area contributed by atoms with Gasteiger partial charge in [-0.3, -0.25) is 9.69 Å². The van der Waals surface area contributed by atoms with Gasteiger partial charge in [0.05, 0.1) is 28.1 Å². The second-order valence-electron chi connectivity index (χ2n) is 8.93. The number of aryl methyl sites for hydroxylation is 1. The van der Waals surface area contributed by atoms with E-state index in [-0.39, 0.29) is 38.9 Å². The summed E-state index contributed by atoms with van der Waals surface area (Å²) in [5.41, 5.74) is 8.51. The fourth-order valence-corrected chi connectivity index (χ4v) is 5.84. The van der Waals surface area contributed by atoms with E-state index in [1.165, 1.54) is 11.3 Å². The van der Waals surface area contributed by atoms with Gasteiger partial charge in [0.2, 0.25) is 5.88 Å². The standard InChI is InChI=1S/C26H24N6O3S.2CH4/c1-14-18(10-11-20(29-14)35-15-6-3-2-4-7-15)32-19-12-13-28-25-21(19)22(31-26(32)34)23(36-25)24(33)30-17-9-5-8-16(17)27;;/h2-4,6-7,10-13,16-17H,5,8-9,27H2,1H3,(H,30,33)(H,31,34);2*1H4/t16-,17+;;/m0../s1. The number of urea groups is 1. The summed E-state index contributed by atoms with van der Waals surface area (Å²) in [6.07, 6.45) is 4.39. The molecule has 2 aliphatic rings. The van der Waals surface area contributed by atoms with Crippen LogP contribution in [0.2, 0.25) is 0 Å². The van der Waals surface area contributed by atoms with E-state index in [1.807, 2.05) is 37.3 Å². The van der Waals surface area contributed by atoms with Gasteiger partial charge in [-0.1, -0.05) is 33.1 Å². The number of pyridine rings is 2. The summed E-state index contributed by atoms with van der Waals surface area (Å²) in [4.78, 5) is 38.2. The molecule has 1 saturated carbocycles. The maximum Gasteiger partial charge on any atom is 0.331 e. The summed E-state index contributed by atoms with van der Waals surface area (Å²) < 4.78 is 5.84. The van der Waals surface area contributed by atoms with Crippen LogP contribution in [0.25, 0.3) is 10.2 Å². The van der Waals surface area contributed by atoms with Crippen LogP contribution in [0.15, 0.2) is 54.7 Å². The molecule has 0 saturated heterocycles. The van der Waals surface area contributed by atoms with Crippen molar-refractivity contribution < 1.29 is 14.3 Å². The summed E-state index contributed by atoms with van der Waals surface area (Å²) in [5, 5.41) is 6.70. The Bertz CT molecular complexity index is 1490. The van der Waals surface area contributed by atoms with Crippen LogP contribution in [0.4, 0.5) is 21.9 Å². The fraction of sp³-hybridized carbons (Fsp3) is 0.286. The van der Waals surface area contributed by atoms with E-state index in [4.69, 9.17) is 10.5 Å². The first-order valence-electron chi connectivity index (χ1n) is 11.8. The van der Waals surface area contributed by atoms with Crippen LogP contribution in [-0.2, 0) is 0 Å². The summed E-state index contributed by atoms with van der Waals surface area (Å²) in [7, 11) is 0. The molecule has 0 spiro atoms. The molecule has 1 aliphatic heterocycles. The molecule has 198 valence electrons. The Labute approximate surface area is 226 Å². The number of para-hydroxylation sites is 1. The third-order valence-corrected chi connectivity index (χ3v) is 7.67. The number of carbonyl (C=O) groups excluding carboxylic acids is 2.